The van der Waals surface area contributed by atoms with Crippen molar-refractivity contribution < 1.29 is 19.1 Å². The molecule has 2 aromatic rings. The Morgan fingerprint density at radius 1 is 1.53 bits per heavy atom. The van der Waals surface area contributed by atoms with Crippen LogP contribution >= 0.6 is 0 Å². The minimum atomic E-state index is -0.727. The van der Waals surface area contributed by atoms with Crippen molar-refractivity contribution in [1.29, 1.82) is 0 Å². The lowest BCUT2D eigenvalue weighted by Gasteiger charge is -1.96. The van der Waals surface area contributed by atoms with Crippen LogP contribution in [0.2, 0.25) is 0 Å². The predicted molar refractivity (Wildman–Crippen MR) is 49.4 cm³/mol. The molecule has 0 aliphatic rings. The molecular formula is C9H8N2O4. The Bertz CT molecular complexity index is 506. The van der Waals surface area contributed by atoms with Crippen molar-refractivity contribution in [2.75, 3.05) is 6.61 Å². The standard InChI is InChI=1S/C9H8N2O4/c1-2-14-9(13)7-6(12)5-8(15-7)11-4-3-10-5/h3-4,12H,2H2,1H3. The van der Waals surface area contributed by atoms with Gasteiger partial charge in [-0.25, -0.2) is 14.8 Å². The molecule has 1 N–H and O–H groups in total. The zero-order chi connectivity index (χ0) is 10.8. The maximum Gasteiger partial charge on any atom is 0.378 e. The minimum absolute atomic E-state index is 0.109. The van der Waals surface area contributed by atoms with E-state index in [-0.39, 0.29) is 29.3 Å². The van der Waals surface area contributed by atoms with E-state index in [1.165, 1.54) is 12.4 Å². The van der Waals surface area contributed by atoms with Gasteiger partial charge in [-0.3, -0.25) is 0 Å². The van der Waals surface area contributed by atoms with E-state index in [1.54, 1.807) is 6.92 Å². The maximum atomic E-state index is 11.3. The summed E-state index contributed by atoms with van der Waals surface area (Å²) < 4.78 is 9.71. The zero-order valence-electron chi connectivity index (χ0n) is 7.93. The van der Waals surface area contributed by atoms with E-state index < -0.39 is 5.97 Å². The van der Waals surface area contributed by atoms with Gasteiger partial charge in [0.1, 0.15) is 0 Å². The number of aromatic hydroxyl groups is 1. The summed E-state index contributed by atoms with van der Waals surface area (Å²) in [4.78, 5) is 18.9. The second kappa shape index (κ2) is 3.56. The molecule has 0 aliphatic carbocycles. The van der Waals surface area contributed by atoms with Gasteiger partial charge in [0.2, 0.25) is 5.71 Å². The number of hydrogen-bond acceptors (Lipinski definition) is 6. The molecule has 2 heterocycles. The topological polar surface area (TPSA) is 85.5 Å². The normalized spacial score (nSPS) is 10.5. The van der Waals surface area contributed by atoms with Gasteiger partial charge in [-0.1, -0.05) is 0 Å². The lowest BCUT2D eigenvalue weighted by molar-refractivity contribution is 0.0488. The fourth-order valence-electron chi connectivity index (χ4n) is 1.15. The van der Waals surface area contributed by atoms with Crippen molar-refractivity contribution in [1.82, 2.24) is 9.97 Å². The Labute approximate surface area is 84.5 Å². The number of aromatic nitrogens is 2. The Hall–Kier alpha value is -2.11. The van der Waals surface area contributed by atoms with Gasteiger partial charge in [0.25, 0.3) is 5.76 Å². The molecule has 6 nitrogen and oxygen atoms in total. The molecule has 15 heavy (non-hydrogen) atoms. The van der Waals surface area contributed by atoms with Crippen LogP contribution in [0, 0.1) is 0 Å². The van der Waals surface area contributed by atoms with Crippen LogP contribution in [-0.2, 0) is 4.74 Å². The molecule has 0 fully saturated rings. The van der Waals surface area contributed by atoms with E-state index in [4.69, 9.17) is 9.15 Å². The summed E-state index contributed by atoms with van der Waals surface area (Å²) in [5.74, 6) is -1.33. The second-order valence-corrected chi connectivity index (χ2v) is 2.71. The van der Waals surface area contributed by atoms with Gasteiger partial charge in [0.15, 0.2) is 11.3 Å². The summed E-state index contributed by atoms with van der Waals surface area (Å²) in [5, 5.41) is 9.59. The highest BCUT2D eigenvalue weighted by Gasteiger charge is 2.22. The Morgan fingerprint density at radius 2 is 2.27 bits per heavy atom. The molecule has 2 rings (SSSR count). The summed E-state index contributed by atoms with van der Waals surface area (Å²) in [6.45, 7) is 1.87. The molecule has 0 aliphatic heterocycles. The van der Waals surface area contributed by atoms with Crippen LogP contribution in [0.15, 0.2) is 16.8 Å². The lowest BCUT2D eigenvalue weighted by Crippen LogP contribution is -2.03. The highest BCUT2D eigenvalue weighted by molar-refractivity contribution is 5.95. The molecule has 0 spiro atoms. The molecule has 0 unspecified atom stereocenters. The summed E-state index contributed by atoms with van der Waals surface area (Å²) in [6.07, 6.45) is 2.80. The molecule has 0 radical (unpaired) electrons. The number of rotatable bonds is 2. The van der Waals surface area contributed by atoms with E-state index in [0.29, 0.717) is 0 Å². The average Bonchev–Trinajstić information content (AvgIpc) is 2.57. The number of ether oxygens (including phenoxy) is 1. The number of fused-ring (bicyclic) bond motifs is 1. The van der Waals surface area contributed by atoms with Crippen molar-refractivity contribution in [3.8, 4) is 5.75 Å². The van der Waals surface area contributed by atoms with Crippen LogP contribution in [0.25, 0.3) is 11.2 Å². The largest absolute Gasteiger partial charge is 0.502 e. The predicted octanol–water partition coefficient (Wildman–Crippen LogP) is 1.11. The summed E-state index contributed by atoms with van der Waals surface area (Å²) in [7, 11) is 0. The molecular weight excluding hydrogens is 200 g/mol. The number of carbonyl (C=O) groups is 1. The number of nitrogens with zero attached hydrogens (tertiary/aromatic N) is 2. The van der Waals surface area contributed by atoms with Gasteiger partial charge in [0.05, 0.1) is 6.61 Å². The van der Waals surface area contributed by atoms with Gasteiger partial charge >= 0.3 is 5.97 Å². The van der Waals surface area contributed by atoms with Gasteiger partial charge in [-0.05, 0) is 6.92 Å². The number of furan rings is 1. The van der Waals surface area contributed by atoms with Crippen LogP contribution in [0.4, 0.5) is 0 Å². The van der Waals surface area contributed by atoms with Gasteiger partial charge < -0.3 is 14.3 Å². The first kappa shape index (κ1) is 9.45. The average molecular weight is 208 g/mol. The molecule has 0 amide bonds. The summed E-state index contributed by atoms with van der Waals surface area (Å²) in [6, 6.07) is 0. The quantitative estimate of drug-likeness (QED) is 0.744. The van der Waals surface area contributed by atoms with E-state index in [1.807, 2.05) is 0 Å². The zero-order valence-corrected chi connectivity index (χ0v) is 7.93. The van der Waals surface area contributed by atoms with E-state index in [9.17, 15) is 9.90 Å². The first-order chi connectivity index (χ1) is 7.24. The second-order valence-electron chi connectivity index (χ2n) is 2.71. The molecule has 0 atom stereocenters. The monoisotopic (exact) mass is 208 g/mol. The van der Waals surface area contributed by atoms with Crippen LogP contribution < -0.4 is 0 Å². The summed E-state index contributed by atoms with van der Waals surface area (Å²) >= 11 is 0. The third-order valence-electron chi connectivity index (χ3n) is 1.76. The van der Waals surface area contributed by atoms with Crippen molar-refractivity contribution in [3.63, 3.8) is 0 Å². The lowest BCUT2D eigenvalue weighted by atomic mass is 10.4. The molecule has 0 aromatic carbocycles. The molecule has 0 saturated heterocycles. The van der Waals surface area contributed by atoms with Gasteiger partial charge in [-0.2, -0.15) is 0 Å². The van der Waals surface area contributed by atoms with Crippen LogP contribution in [0.1, 0.15) is 17.5 Å². The number of esters is 1. The smallest absolute Gasteiger partial charge is 0.378 e. The third-order valence-corrected chi connectivity index (χ3v) is 1.76. The fourth-order valence-corrected chi connectivity index (χ4v) is 1.15. The Morgan fingerprint density at radius 3 is 2.93 bits per heavy atom. The summed E-state index contributed by atoms with van der Waals surface area (Å²) in [5.41, 5.74) is 0.263. The Kier molecular flexibility index (Phi) is 2.24. The first-order valence-corrected chi connectivity index (χ1v) is 4.33. The van der Waals surface area contributed by atoms with Gasteiger partial charge in [0, 0.05) is 12.4 Å². The Balaban J connectivity index is 2.53. The van der Waals surface area contributed by atoms with Gasteiger partial charge in [-0.15, -0.1) is 0 Å². The van der Waals surface area contributed by atoms with Crippen molar-refractivity contribution in [3.05, 3.63) is 18.2 Å². The molecule has 78 valence electrons. The third kappa shape index (κ3) is 1.50. The van der Waals surface area contributed by atoms with Crippen molar-refractivity contribution >= 4 is 17.2 Å². The van der Waals surface area contributed by atoms with Crippen molar-refractivity contribution in [2.24, 2.45) is 0 Å². The highest BCUT2D eigenvalue weighted by Crippen LogP contribution is 2.28. The highest BCUT2D eigenvalue weighted by atomic mass is 16.5. The van der Waals surface area contributed by atoms with Crippen molar-refractivity contribution in [2.45, 2.75) is 6.92 Å². The molecule has 6 heteroatoms. The minimum Gasteiger partial charge on any atom is -0.502 e. The molecule has 2 aromatic heterocycles. The molecule has 0 bridgehead atoms. The SMILES string of the molecule is CCOC(=O)c1oc2nccnc2c1O. The fraction of sp³-hybridized carbons (Fsp3) is 0.222. The number of hydrogen-bond donors (Lipinski definition) is 1. The molecule has 0 saturated carbocycles. The van der Waals surface area contributed by atoms with Crippen LogP contribution in [-0.4, -0.2) is 27.7 Å². The first-order valence-electron chi connectivity index (χ1n) is 4.33. The van der Waals surface area contributed by atoms with E-state index in [2.05, 4.69) is 9.97 Å². The number of carbonyl (C=O) groups excluding carboxylic acids is 1. The van der Waals surface area contributed by atoms with Crippen LogP contribution in [0.5, 0.6) is 5.75 Å². The maximum absolute atomic E-state index is 11.3. The van der Waals surface area contributed by atoms with E-state index in [0.717, 1.165) is 0 Å². The van der Waals surface area contributed by atoms with Crippen LogP contribution in [0.3, 0.4) is 0 Å². The van der Waals surface area contributed by atoms with E-state index >= 15 is 0 Å².